The first kappa shape index (κ1) is 16.1. The fraction of sp³-hybridized carbons (Fsp3) is 0.714. The molecule has 0 aliphatic heterocycles. The van der Waals surface area contributed by atoms with E-state index in [2.05, 4.69) is 36.4 Å². The molecule has 0 aliphatic carbocycles. The van der Waals surface area contributed by atoms with Crippen LogP contribution in [-0.4, -0.2) is 24.5 Å². The van der Waals surface area contributed by atoms with Gasteiger partial charge in [-0.15, -0.1) is 11.3 Å². The van der Waals surface area contributed by atoms with E-state index in [-0.39, 0.29) is 11.3 Å². The summed E-state index contributed by atoms with van der Waals surface area (Å²) in [4.78, 5) is 17.3. The van der Waals surface area contributed by atoms with Crippen LogP contribution < -0.4 is 10.6 Å². The van der Waals surface area contributed by atoms with Crippen LogP contribution in [0.5, 0.6) is 0 Å². The smallest absolute Gasteiger partial charge is 0.226 e. The Bertz CT molecular complexity index is 432. The highest BCUT2D eigenvalue weighted by Gasteiger charge is 2.26. The Morgan fingerprint density at radius 1 is 1.32 bits per heavy atom. The summed E-state index contributed by atoms with van der Waals surface area (Å²) >= 11 is 1.73. The molecule has 1 aromatic rings. The Labute approximate surface area is 120 Å². The summed E-state index contributed by atoms with van der Waals surface area (Å²) < 4.78 is 0. The Balaban J connectivity index is 2.50. The molecule has 2 N–H and O–H groups in total. The quantitative estimate of drug-likeness (QED) is 0.872. The third kappa shape index (κ3) is 4.58. The zero-order chi connectivity index (χ0) is 14.7. The van der Waals surface area contributed by atoms with E-state index in [4.69, 9.17) is 0 Å². The maximum absolute atomic E-state index is 11.7. The van der Waals surface area contributed by atoms with E-state index in [9.17, 15) is 4.79 Å². The third-order valence-electron chi connectivity index (χ3n) is 2.90. The van der Waals surface area contributed by atoms with Crippen LogP contribution in [0.15, 0.2) is 6.20 Å². The molecule has 5 heteroatoms. The van der Waals surface area contributed by atoms with Crippen molar-refractivity contribution in [3.63, 3.8) is 0 Å². The van der Waals surface area contributed by atoms with Gasteiger partial charge in [0.15, 0.2) is 0 Å². The molecule has 1 aromatic heterocycles. The van der Waals surface area contributed by atoms with Gasteiger partial charge in [-0.3, -0.25) is 4.79 Å². The van der Waals surface area contributed by atoms with E-state index < -0.39 is 5.41 Å². The number of aromatic nitrogens is 1. The molecule has 0 aliphatic rings. The van der Waals surface area contributed by atoms with Crippen molar-refractivity contribution in [1.29, 1.82) is 0 Å². The highest BCUT2D eigenvalue weighted by atomic mass is 32.1. The number of hydrogen-bond acceptors (Lipinski definition) is 4. The molecule has 0 radical (unpaired) electrons. The van der Waals surface area contributed by atoms with Crippen LogP contribution in [0.2, 0.25) is 0 Å². The van der Waals surface area contributed by atoms with Crippen LogP contribution in [0, 0.1) is 5.41 Å². The van der Waals surface area contributed by atoms with Gasteiger partial charge in [0.1, 0.15) is 0 Å². The van der Waals surface area contributed by atoms with E-state index in [1.54, 1.807) is 18.4 Å². The Hall–Kier alpha value is -0.940. The lowest BCUT2D eigenvalue weighted by molar-refractivity contribution is -0.128. The van der Waals surface area contributed by atoms with E-state index in [1.807, 2.05) is 20.0 Å². The Kier molecular flexibility index (Phi) is 5.10. The van der Waals surface area contributed by atoms with Gasteiger partial charge in [-0.05, 0) is 13.8 Å². The molecule has 4 nitrogen and oxygen atoms in total. The highest BCUT2D eigenvalue weighted by Crippen LogP contribution is 2.26. The minimum Gasteiger partial charge on any atom is -0.359 e. The van der Waals surface area contributed by atoms with Gasteiger partial charge in [0, 0.05) is 36.6 Å². The largest absolute Gasteiger partial charge is 0.359 e. The monoisotopic (exact) mass is 283 g/mol. The summed E-state index contributed by atoms with van der Waals surface area (Å²) in [6.45, 7) is 11.8. The number of hydrogen-bond donors (Lipinski definition) is 2. The van der Waals surface area contributed by atoms with Crippen molar-refractivity contribution in [3.8, 4) is 0 Å². The van der Waals surface area contributed by atoms with Gasteiger partial charge in [0.2, 0.25) is 5.91 Å². The van der Waals surface area contributed by atoms with Crippen LogP contribution in [0.4, 0.5) is 0 Å². The van der Waals surface area contributed by atoms with Crippen LogP contribution in [0.25, 0.3) is 0 Å². The number of thiazole rings is 1. The van der Waals surface area contributed by atoms with Crippen molar-refractivity contribution in [2.75, 3.05) is 13.6 Å². The average Bonchev–Trinajstić information content (AvgIpc) is 2.76. The molecule has 0 atom stereocenters. The van der Waals surface area contributed by atoms with Gasteiger partial charge in [0.05, 0.1) is 10.4 Å². The van der Waals surface area contributed by atoms with Gasteiger partial charge >= 0.3 is 0 Å². The van der Waals surface area contributed by atoms with Crippen molar-refractivity contribution < 1.29 is 4.79 Å². The second-order valence-corrected chi connectivity index (χ2v) is 7.56. The van der Waals surface area contributed by atoms with E-state index in [1.165, 1.54) is 4.88 Å². The van der Waals surface area contributed by atoms with Gasteiger partial charge in [-0.2, -0.15) is 0 Å². The van der Waals surface area contributed by atoms with Crippen LogP contribution in [0.1, 0.15) is 44.5 Å². The van der Waals surface area contributed by atoms with Gasteiger partial charge in [-0.1, -0.05) is 20.8 Å². The molecule has 0 saturated carbocycles. The first-order valence-electron chi connectivity index (χ1n) is 6.55. The first-order chi connectivity index (χ1) is 8.66. The molecule has 1 heterocycles. The fourth-order valence-corrected chi connectivity index (χ4v) is 2.59. The summed E-state index contributed by atoms with van der Waals surface area (Å²) in [5, 5.41) is 7.17. The van der Waals surface area contributed by atoms with E-state index >= 15 is 0 Å². The summed E-state index contributed by atoms with van der Waals surface area (Å²) in [7, 11) is 1.67. The molecule has 0 saturated heterocycles. The molecule has 108 valence electrons. The van der Waals surface area contributed by atoms with Crippen LogP contribution >= 0.6 is 11.3 Å². The molecule has 1 rings (SSSR count). The summed E-state index contributed by atoms with van der Waals surface area (Å²) in [5.41, 5.74) is -0.295. The first-order valence-corrected chi connectivity index (χ1v) is 7.36. The molecule has 0 unspecified atom stereocenters. The predicted octanol–water partition coefficient (Wildman–Crippen LogP) is 2.30. The SMILES string of the molecule is CNC(=O)C(C)(C)CNCc1cnc(C(C)(C)C)s1. The van der Waals surface area contributed by atoms with Crippen molar-refractivity contribution in [2.24, 2.45) is 5.41 Å². The van der Waals surface area contributed by atoms with Gasteiger partial charge in [0.25, 0.3) is 0 Å². The highest BCUT2D eigenvalue weighted by molar-refractivity contribution is 7.11. The zero-order valence-electron chi connectivity index (χ0n) is 12.8. The molecule has 19 heavy (non-hydrogen) atoms. The lowest BCUT2D eigenvalue weighted by Crippen LogP contribution is -2.41. The summed E-state index contributed by atoms with van der Waals surface area (Å²) in [6.07, 6.45) is 1.92. The van der Waals surface area contributed by atoms with Crippen molar-refractivity contribution in [1.82, 2.24) is 15.6 Å². The van der Waals surface area contributed by atoms with E-state index in [0.29, 0.717) is 6.54 Å². The lowest BCUT2D eigenvalue weighted by Gasteiger charge is -2.22. The van der Waals surface area contributed by atoms with Crippen molar-refractivity contribution >= 4 is 17.2 Å². The second-order valence-electron chi connectivity index (χ2n) is 6.45. The second kappa shape index (κ2) is 6.01. The molecular formula is C14H25N3OS. The van der Waals surface area contributed by atoms with Gasteiger partial charge < -0.3 is 10.6 Å². The number of amides is 1. The Morgan fingerprint density at radius 3 is 2.42 bits per heavy atom. The fourth-order valence-electron chi connectivity index (χ4n) is 1.65. The molecule has 0 aromatic carbocycles. The molecule has 1 amide bonds. The Morgan fingerprint density at radius 2 is 1.95 bits per heavy atom. The van der Waals surface area contributed by atoms with Crippen LogP contribution in [-0.2, 0) is 16.8 Å². The number of rotatable bonds is 5. The molecule has 0 fully saturated rings. The number of carbonyl (C=O) groups is 1. The van der Waals surface area contributed by atoms with E-state index in [0.717, 1.165) is 11.6 Å². The van der Waals surface area contributed by atoms with Crippen LogP contribution in [0.3, 0.4) is 0 Å². The molecular weight excluding hydrogens is 258 g/mol. The topological polar surface area (TPSA) is 54.0 Å². The number of carbonyl (C=O) groups excluding carboxylic acids is 1. The molecule has 0 spiro atoms. The average molecular weight is 283 g/mol. The minimum absolute atomic E-state index is 0.0553. The predicted molar refractivity (Wildman–Crippen MR) is 80.4 cm³/mol. The molecule has 0 bridgehead atoms. The maximum atomic E-state index is 11.7. The van der Waals surface area contributed by atoms with Crippen molar-refractivity contribution in [3.05, 3.63) is 16.1 Å². The zero-order valence-corrected chi connectivity index (χ0v) is 13.6. The summed E-state index contributed by atoms with van der Waals surface area (Å²) in [6, 6.07) is 0. The third-order valence-corrected chi connectivity index (χ3v) is 4.33. The minimum atomic E-state index is -0.397. The standard InChI is InChI=1S/C14H25N3OS/c1-13(2,3)12-17-8-10(19-12)7-16-9-14(4,5)11(18)15-6/h8,16H,7,9H2,1-6H3,(H,15,18). The van der Waals surface area contributed by atoms with Crippen molar-refractivity contribution in [2.45, 2.75) is 46.6 Å². The normalized spacial score (nSPS) is 12.5. The number of nitrogens with one attached hydrogen (secondary N) is 2. The van der Waals surface area contributed by atoms with Gasteiger partial charge in [-0.25, -0.2) is 4.98 Å². The summed E-state index contributed by atoms with van der Waals surface area (Å²) in [5.74, 6) is 0.0553. The maximum Gasteiger partial charge on any atom is 0.226 e. The lowest BCUT2D eigenvalue weighted by atomic mass is 9.92. The number of nitrogens with zero attached hydrogens (tertiary/aromatic N) is 1.